The number of nitrogens with zero attached hydrogens (tertiary/aromatic N) is 4. The van der Waals surface area contributed by atoms with Crippen molar-refractivity contribution in [2.24, 2.45) is 0 Å². The van der Waals surface area contributed by atoms with Crippen LogP contribution in [0, 0.1) is 0 Å². The van der Waals surface area contributed by atoms with Gasteiger partial charge < -0.3 is 19.3 Å². The van der Waals surface area contributed by atoms with Gasteiger partial charge >= 0.3 is 6.36 Å². The molecule has 0 aliphatic carbocycles. The van der Waals surface area contributed by atoms with Gasteiger partial charge in [0.1, 0.15) is 17.5 Å². The van der Waals surface area contributed by atoms with Crippen molar-refractivity contribution < 1.29 is 32.3 Å². The summed E-state index contributed by atoms with van der Waals surface area (Å²) in [6.45, 7) is 0.0506. The maximum Gasteiger partial charge on any atom is 0.573 e. The molecule has 3 heterocycles. The summed E-state index contributed by atoms with van der Waals surface area (Å²) in [6, 6.07) is 7.25. The van der Waals surface area contributed by atoms with Crippen LogP contribution in [0.4, 0.5) is 13.2 Å². The predicted molar refractivity (Wildman–Crippen MR) is 100 cm³/mol. The highest BCUT2D eigenvalue weighted by molar-refractivity contribution is 6.30. The number of halogens is 4. The smallest absolute Gasteiger partial charge is 0.406 e. The number of hydrogen-bond acceptors (Lipinski definition) is 7. The maximum atomic E-state index is 12.8. The average molecular weight is 455 g/mol. The van der Waals surface area contributed by atoms with Crippen LogP contribution in [0.15, 0.2) is 47.1 Å². The minimum Gasteiger partial charge on any atom is -0.406 e. The number of hydrogen-bond donors (Lipinski definition) is 1. The Morgan fingerprint density at radius 3 is 2.61 bits per heavy atom. The number of aliphatic hydroxyl groups excluding tert-OH is 1. The minimum atomic E-state index is -4.79. The van der Waals surface area contributed by atoms with E-state index in [0.717, 1.165) is 12.1 Å². The Balaban J connectivity index is 1.54. The van der Waals surface area contributed by atoms with Crippen LogP contribution in [0.3, 0.4) is 0 Å². The van der Waals surface area contributed by atoms with Crippen molar-refractivity contribution in [1.82, 2.24) is 20.0 Å². The molecule has 1 amide bonds. The summed E-state index contributed by atoms with van der Waals surface area (Å²) < 4.78 is 46.0. The first-order chi connectivity index (χ1) is 14.7. The van der Waals surface area contributed by atoms with Crippen LogP contribution >= 0.6 is 11.6 Å². The van der Waals surface area contributed by atoms with Gasteiger partial charge in [0.15, 0.2) is 0 Å². The number of alkyl halides is 3. The van der Waals surface area contributed by atoms with Crippen LogP contribution in [-0.2, 0) is 0 Å². The fourth-order valence-electron chi connectivity index (χ4n) is 3.22. The predicted octanol–water partition coefficient (Wildman–Crippen LogP) is 3.63. The fourth-order valence-corrected chi connectivity index (χ4v) is 3.33. The number of ether oxygens (including phenoxy) is 1. The van der Waals surface area contributed by atoms with E-state index in [2.05, 4.69) is 19.9 Å². The molecular formula is C19H14ClF3N4O4. The van der Waals surface area contributed by atoms with Gasteiger partial charge in [-0.25, -0.2) is 4.98 Å². The maximum absolute atomic E-state index is 12.8. The van der Waals surface area contributed by atoms with Crippen molar-refractivity contribution in [3.05, 3.63) is 59.2 Å². The number of carbonyl (C=O) groups is 1. The Bertz CT molecular complexity index is 1070. The highest BCUT2D eigenvalue weighted by Crippen LogP contribution is 2.34. The SMILES string of the molecule is O=C(c1ccc(Cl)cn1)N1C[C@H](O)C[C@H]1c1nc(-c2ccc(OC(F)(F)F)cc2)no1. The molecule has 1 fully saturated rings. The van der Waals surface area contributed by atoms with Gasteiger partial charge in [0.05, 0.1) is 11.1 Å². The van der Waals surface area contributed by atoms with E-state index in [1.165, 1.54) is 35.4 Å². The first-order valence-corrected chi connectivity index (χ1v) is 9.38. The number of likely N-dealkylation sites (tertiary alicyclic amines) is 1. The average Bonchev–Trinajstić information content (AvgIpc) is 3.34. The summed E-state index contributed by atoms with van der Waals surface area (Å²) in [7, 11) is 0. The van der Waals surface area contributed by atoms with Crippen molar-refractivity contribution in [1.29, 1.82) is 0 Å². The van der Waals surface area contributed by atoms with Crippen molar-refractivity contribution in [2.45, 2.75) is 24.9 Å². The largest absolute Gasteiger partial charge is 0.573 e. The molecule has 4 rings (SSSR count). The van der Waals surface area contributed by atoms with E-state index in [9.17, 15) is 23.1 Å². The lowest BCUT2D eigenvalue weighted by Crippen LogP contribution is -2.32. The van der Waals surface area contributed by atoms with Crippen LogP contribution in [-0.4, -0.2) is 50.0 Å². The molecule has 2 aromatic heterocycles. The zero-order chi connectivity index (χ0) is 22.2. The molecule has 1 N–H and O–H groups in total. The third-order valence-electron chi connectivity index (χ3n) is 4.56. The molecule has 0 saturated carbocycles. The van der Waals surface area contributed by atoms with Gasteiger partial charge in [0.2, 0.25) is 11.7 Å². The molecule has 0 radical (unpaired) electrons. The van der Waals surface area contributed by atoms with Gasteiger partial charge in [-0.2, -0.15) is 4.98 Å². The molecule has 1 aliphatic heterocycles. The van der Waals surface area contributed by atoms with E-state index < -0.39 is 24.4 Å². The summed E-state index contributed by atoms with van der Waals surface area (Å²) in [5, 5.41) is 14.3. The molecule has 162 valence electrons. The molecule has 3 aromatic rings. The van der Waals surface area contributed by atoms with E-state index in [-0.39, 0.29) is 36.1 Å². The van der Waals surface area contributed by atoms with Gasteiger partial charge in [-0.3, -0.25) is 4.79 Å². The molecule has 1 aromatic carbocycles. The number of carbonyl (C=O) groups excluding carboxylic acids is 1. The van der Waals surface area contributed by atoms with Gasteiger partial charge in [-0.1, -0.05) is 16.8 Å². The molecule has 31 heavy (non-hydrogen) atoms. The van der Waals surface area contributed by atoms with Crippen LogP contribution in [0.1, 0.15) is 28.8 Å². The molecule has 1 aliphatic rings. The molecule has 0 spiro atoms. The Morgan fingerprint density at radius 2 is 1.97 bits per heavy atom. The van der Waals surface area contributed by atoms with Crippen LogP contribution in [0.25, 0.3) is 11.4 Å². The molecule has 1 saturated heterocycles. The van der Waals surface area contributed by atoms with Crippen molar-refractivity contribution in [2.75, 3.05) is 6.54 Å². The second-order valence-electron chi connectivity index (χ2n) is 6.75. The summed E-state index contributed by atoms with van der Waals surface area (Å²) in [4.78, 5) is 22.5. The number of benzene rings is 1. The summed E-state index contributed by atoms with van der Waals surface area (Å²) in [5.74, 6) is -0.616. The Kier molecular flexibility index (Phi) is 5.54. The normalized spacial score (nSPS) is 18.9. The molecule has 0 unspecified atom stereocenters. The van der Waals surface area contributed by atoms with E-state index in [4.69, 9.17) is 16.1 Å². The second kappa shape index (κ2) is 8.16. The van der Waals surface area contributed by atoms with Crippen LogP contribution in [0.5, 0.6) is 5.75 Å². The van der Waals surface area contributed by atoms with Crippen LogP contribution < -0.4 is 4.74 Å². The monoisotopic (exact) mass is 454 g/mol. The number of aliphatic hydroxyl groups is 1. The number of amides is 1. The van der Waals surface area contributed by atoms with E-state index in [1.807, 2.05) is 0 Å². The topological polar surface area (TPSA) is 102 Å². The highest BCUT2D eigenvalue weighted by Gasteiger charge is 2.39. The number of aromatic nitrogens is 3. The van der Waals surface area contributed by atoms with Crippen molar-refractivity contribution in [3.63, 3.8) is 0 Å². The van der Waals surface area contributed by atoms with E-state index >= 15 is 0 Å². The lowest BCUT2D eigenvalue weighted by molar-refractivity contribution is -0.274. The number of β-amino-alcohol motifs (C(OH)–C–C–N with tert-alkyl or cyclic N) is 1. The molecule has 2 atom stereocenters. The standard InChI is InChI=1S/C19H14ClF3N4O4/c20-11-3-6-14(24-8-11)18(29)27-9-12(28)7-15(27)17-25-16(26-31-17)10-1-4-13(5-2-10)30-19(21,22)23/h1-6,8,12,15,28H,7,9H2/t12-,15+/m1/s1. The second-order valence-corrected chi connectivity index (χ2v) is 7.19. The summed E-state index contributed by atoms with van der Waals surface area (Å²) in [5.41, 5.74) is 0.531. The Hall–Kier alpha value is -3.18. The quantitative estimate of drug-likeness (QED) is 0.642. The lowest BCUT2D eigenvalue weighted by Gasteiger charge is -2.21. The third kappa shape index (κ3) is 4.78. The number of rotatable bonds is 4. The van der Waals surface area contributed by atoms with Crippen molar-refractivity contribution in [3.8, 4) is 17.1 Å². The lowest BCUT2D eigenvalue weighted by atomic mass is 10.2. The minimum absolute atomic E-state index is 0.0506. The first-order valence-electron chi connectivity index (χ1n) is 9.00. The van der Waals surface area contributed by atoms with Gasteiger partial charge in [0.25, 0.3) is 5.91 Å². The number of pyridine rings is 1. The summed E-state index contributed by atoms with van der Waals surface area (Å²) in [6.07, 6.45) is -4.07. The summed E-state index contributed by atoms with van der Waals surface area (Å²) >= 11 is 5.80. The first kappa shape index (κ1) is 21.1. The Morgan fingerprint density at radius 1 is 1.23 bits per heavy atom. The van der Waals surface area contributed by atoms with E-state index in [0.29, 0.717) is 10.6 Å². The molecule has 0 bridgehead atoms. The zero-order valence-electron chi connectivity index (χ0n) is 15.6. The third-order valence-corrected chi connectivity index (χ3v) is 4.78. The molecule has 8 nitrogen and oxygen atoms in total. The Labute approximate surface area is 178 Å². The van der Waals surface area contributed by atoms with Crippen LogP contribution in [0.2, 0.25) is 5.02 Å². The fraction of sp³-hybridized carbons (Fsp3) is 0.263. The zero-order valence-corrected chi connectivity index (χ0v) is 16.3. The molecular weight excluding hydrogens is 441 g/mol. The van der Waals surface area contributed by atoms with Gasteiger partial charge in [-0.05, 0) is 36.4 Å². The highest BCUT2D eigenvalue weighted by atomic mass is 35.5. The van der Waals surface area contributed by atoms with E-state index in [1.54, 1.807) is 0 Å². The van der Waals surface area contributed by atoms with Gasteiger partial charge in [0, 0.05) is 24.7 Å². The van der Waals surface area contributed by atoms with Crippen molar-refractivity contribution >= 4 is 17.5 Å². The van der Waals surface area contributed by atoms with Gasteiger partial charge in [-0.15, -0.1) is 13.2 Å². The molecule has 12 heteroatoms.